The lowest BCUT2D eigenvalue weighted by atomic mass is 10.2. The third kappa shape index (κ3) is 2.84. The second kappa shape index (κ2) is 5.88. The average Bonchev–Trinajstić information content (AvgIpc) is 2.82. The van der Waals surface area contributed by atoms with Gasteiger partial charge in [-0.2, -0.15) is 0 Å². The third-order valence-electron chi connectivity index (χ3n) is 2.83. The van der Waals surface area contributed by atoms with Crippen LogP contribution in [0.15, 0.2) is 18.2 Å². The number of carboxylic acids is 1. The maximum atomic E-state index is 11.1. The largest absolute Gasteiger partial charge is 0.476 e. The van der Waals surface area contributed by atoms with E-state index in [0.717, 1.165) is 0 Å². The zero-order valence-corrected chi connectivity index (χ0v) is 11.7. The van der Waals surface area contributed by atoms with Crippen molar-refractivity contribution in [3.8, 4) is 5.69 Å². The van der Waals surface area contributed by atoms with Gasteiger partial charge in [0, 0.05) is 6.07 Å². The summed E-state index contributed by atoms with van der Waals surface area (Å²) in [7, 11) is 0. The van der Waals surface area contributed by atoms with Crippen LogP contribution in [-0.2, 0) is 6.42 Å². The van der Waals surface area contributed by atoms with E-state index in [1.54, 1.807) is 0 Å². The van der Waals surface area contributed by atoms with Crippen molar-refractivity contribution in [3.05, 3.63) is 44.7 Å². The summed E-state index contributed by atoms with van der Waals surface area (Å²) in [4.78, 5) is 21.3. The van der Waals surface area contributed by atoms with Crippen molar-refractivity contribution in [2.75, 3.05) is 0 Å². The van der Waals surface area contributed by atoms with Crippen LogP contribution in [-0.4, -0.2) is 31.0 Å². The van der Waals surface area contributed by atoms with Gasteiger partial charge >= 0.3 is 5.97 Å². The summed E-state index contributed by atoms with van der Waals surface area (Å²) in [5.74, 6) is -1.17. The van der Waals surface area contributed by atoms with E-state index in [4.69, 9.17) is 16.7 Å². The van der Waals surface area contributed by atoms with Crippen molar-refractivity contribution in [1.82, 2.24) is 15.0 Å². The average molecular weight is 311 g/mol. The molecule has 2 rings (SSSR count). The highest BCUT2D eigenvalue weighted by atomic mass is 35.5. The summed E-state index contributed by atoms with van der Waals surface area (Å²) in [5.41, 5.74) is 0.492. The molecule has 1 aromatic carbocycles. The van der Waals surface area contributed by atoms with Gasteiger partial charge in [-0.25, -0.2) is 9.48 Å². The smallest absolute Gasteiger partial charge is 0.358 e. The van der Waals surface area contributed by atoms with E-state index < -0.39 is 10.9 Å². The number of aromatic nitrogens is 3. The first-order valence-electron chi connectivity index (χ1n) is 6.07. The molecule has 0 aliphatic carbocycles. The van der Waals surface area contributed by atoms with Crippen LogP contribution in [0.2, 0.25) is 5.02 Å². The van der Waals surface area contributed by atoms with Crippen molar-refractivity contribution >= 4 is 23.3 Å². The first-order chi connectivity index (χ1) is 9.95. The number of hydrogen-bond acceptors (Lipinski definition) is 5. The summed E-state index contributed by atoms with van der Waals surface area (Å²) in [6, 6.07) is 4.05. The van der Waals surface area contributed by atoms with Gasteiger partial charge in [0.05, 0.1) is 16.3 Å². The van der Waals surface area contributed by atoms with Gasteiger partial charge in [-0.3, -0.25) is 10.1 Å². The highest BCUT2D eigenvalue weighted by Gasteiger charge is 2.20. The molecule has 0 saturated carbocycles. The van der Waals surface area contributed by atoms with Crippen LogP contribution in [0.25, 0.3) is 5.69 Å². The van der Waals surface area contributed by atoms with Crippen LogP contribution in [0.1, 0.15) is 29.5 Å². The Kier molecular flexibility index (Phi) is 4.18. The summed E-state index contributed by atoms with van der Waals surface area (Å²) in [5, 5.41) is 27.2. The molecule has 0 saturated heterocycles. The Labute approximate surface area is 124 Å². The molecular weight excluding hydrogens is 300 g/mol. The van der Waals surface area contributed by atoms with E-state index in [1.165, 1.54) is 22.9 Å². The predicted octanol–water partition coefficient (Wildman–Crippen LogP) is 2.48. The molecule has 1 heterocycles. The summed E-state index contributed by atoms with van der Waals surface area (Å²) < 4.78 is 1.34. The number of nitro benzene ring substituents is 1. The Hall–Kier alpha value is -2.48. The molecular formula is C12H11ClN4O4. The molecule has 0 unspecified atom stereocenters. The van der Waals surface area contributed by atoms with Gasteiger partial charge in [0.15, 0.2) is 5.69 Å². The van der Waals surface area contributed by atoms with E-state index in [2.05, 4.69) is 10.3 Å². The number of rotatable bonds is 5. The molecule has 110 valence electrons. The summed E-state index contributed by atoms with van der Waals surface area (Å²) in [6.07, 6.45) is 1.16. The molecule has 0 aliphatic rings. The highest BCUT2D eigenvalue weighted by molar-refractivity contribution is 6.32. The Morgan fingerprint density at radius 3 is 2.76 bits per heavy atom. The highest BCUT2D eigenvalue weighted by Crippen LogP contribution is 2.27. The molecule has 0 fully saturated rings. The third-order valence-corrected chi connectivity index (χ3v) is 3.13. The number of carbonyl (C=O) groups is 1. The van der Waals surface area contributed by atoms with Gasteiger partial charge in [-0.1, -0.05) is 30.2 Å². The standard InChI is InChI=1S/C12H11ClN4O4/c1-2-3-10-11(12(18)19)14-15-16(10)7-4-5-9(17(20)21)8(13)6-7/h4-6H,2-3H2,1H3,(H,18,19). The first kappa shape index (κ1) is 14.9. The number of nitrogens with zero attached hydrogens (tertiary/aromatic N) is 4. The summed E-state index contributed by atoms with van der Waals surface area (Å²) in [6.45, 7) is 1.89. The second-order valence-electron chi connectivity index (χ2n) is 4.24. The second-order valence-corrected chi connectivity index (χ2v) is 4.65. The number of halogens is 1. The van der Waals surface area contributed by atoms with Gasteiger partial charge < -0.3 is 5.11 Å². The quantitative estimate of drug-likeness (QED) is 0.670. The molecule has 1 aromatic heterocycles. The molecule has 1 N–H and O–H groups in total. The van der Waals surface area contributed by atoms with Crippen LogP contribution in [0, 0.1) is 10.1 Å². The van der Waals surface area contributed by atoms with E-state index >= 15 is 0 Å². The lowest BCUT2D eigenvalue weighted by Crippen LogP contribution is -2.07. The minimum Gasteiger partial charge on any atom is -0.476 e. The lowest BCUT2D eigenvalue weighted by Gasteiger charge is -2.06. The van der Waals surface area contributed by atoms with Gasteiger partial charge in [0.1, 0.15) is 5.02 Å². The van der Waals surface area contributed by atoms with Crippen molar-refractivity contribution in [1.29, 1.82) is 0 Å². The van der Waals surface area contributed by atoms with Gasteiger partial charge in [-0.05, 0) is 18.6 Å². The number of nitro groups is 1. The molecule has 0 radical (unpaired) electrons. The van der Waals surface area contributed by atoms with E-state index in [1.807, 2.05) is 6.92 Å². The van der Waals surface area contributed by atoms with Crippen LogP contribution in [0.4, 0.5) is 5.69 Å². The van der Waals surface area contributed by atoms with Crippen LogP contribution in [0.3, 0.4) is 0 Å². The van der Waals surface area contributed by atoms with Crippen LogP contribution >= 0.6 is 11.6 Å². The van der Waals surface area contributed by atoms with Crippen LogP contribution in [0.5, 0.6) is 0 Å². The van der Waals surface area contributed by atoms with E-state index in [9.17, 15) is 14.9 Å². The summed E-state index contributed by atoms with van der Waals surface area (Å²) >= 11 is 5.85. The topological polar surface area (TPSA) is 111 Å². The maximum Gasteiger partial charge on any atom is 0.358 e. The van der Waals surface area contributed by atoms with E-state index in [0.29, 0.717) is 24.2 Å². The zero-order valence-electron chi connectivity index (χ0n) is 11.0. The number of benzene rings is 1. The van der Waals surface area contributed by atoms with E-state index in [-0.39, 0.29) is 16.4 Å². The monoisotopic (exact) mass is 310 g/mol. The number of aromatic carboxylic acids is 1. The maximum absolute atomic E-state index is 11.1. The van der Waals surface area contributed by atoms with Crippen molar-refractivity contribution < 1.29 is 14.8 Å². The minimum atomic E-state index is -1.17. The molecule has 0 amide bonds. The Morgan fingerprint density at radius 2 is 2.24 bits per heavy atom. The number of carboxylic acid groups (broad SMARTS) is 1. The molecule has 2 aromatic rings. The normalized spacial score (nSPS) is 10.6. The zero-order chi connectivity index (χ0) is 15.6. The van der Waals surface area contributed by atoms with Crippen molar-refractivity contribution in [2.45, 2.75) is 19.8 Å². The fraction of sp³-hybridized carbons (Fsp3) is 0.250. The fourth-order valence-corrected chi connectivity index (χ4v) is 2.16. The molecule has 21 heavy (non-hydrogen) atoms. The predicted molar refractivity (Wildman–Crippen MR) is 74.0 cm³/mol. The Balaban J connectivity index is 2.54. The SMILES string of the molecule is CCCc1c(C(=O)O)nnn1-c1ccc([N+](=O)[O-])c(Cl)c1. The molecule has 0 bridgehead atoms. The molecule has 0 spiro atoms. The minimum absolute atomic E-state index is 0.0488. The lowest BCUT2D eigenvalue weighted by molar-refractivity contribution is -0.384. The van der Waals surface area contributed by atoms with Gasteiger partial charge in [-0.15, -0.1) is 5.10 Å². The Morgan fingerprint density at radius 1 is 1.52 bits per heavy atom. The van der Waals surface area contributed by atoms with Gasteiger partial charge in [0.2, 0.25) is 0 Å². The first-order valence-corrected chi connectivity index (χ1v) is 6.45. The fourth-order valence-electron chi connectivity index (χ4n) is 1.91. The molecule has 9 heteroatoms. The number of hydrogen-bond donors (Lipinski definition) is 1. The Bertz CT molecular complexity index is 713. The van der Waals surface area contributed by atoms with Crippen LogP contribution < -0.4 is 0 Å². The molecule has 0 aliphatic heterocycles. The molecule has 8 nitrogen and oxygen atoms in total. The molecule has 0 atom stereocenters. The van der Waals surface area contributed by atoms with Crippen molar-refractivity contribution in [3.63, 3.8) is 0 Å². The van der Waals surface area contributed by atoms with Gasteiger partial charge in [0.25, 0.3) is 5.69 Å². The van der Waals surface area contributed by atoms with Crippen molar-refractivity contribution in [2.24, 2.45) is 0 Å².